The van der Waals surface area contributed by atoms with E-state index in [4.69, 9.17) is 0 Å². The molecule has 0 atom stereocenters. The van der Waals surface area contributed by atoms with Crippen molar-refractivity contribution >= 4 is 12.6 Å². The van der Waals surface area contributed by atoms with Crippen molar-refractivity contribution in [3.05, 3.63) is 34.9 Å². The summed E-state index contributed by atoms with van der Waals surface area (Å²) in [6.45, 7) is 1.64. The van der Waals surface area contributed by atoms with Gasteiger partial charge in [-0.2, -0.15) is 12.6 Å². The highest BCUT2D eigenvalue weighted by Gasteiger charge is 2.09. The van der Waals surface area contributed by atoms with Gasteiger partial charge in [-0.25, -0.2) is 8.78 Å². The van der Waals surface area contributed by atoms with Gasteiger partial charge >= 0.3 is 0 Å². The third kappa shape index (κ3) is 2.44. The minimum atomic E-state index is -0.454. The zero-order valence-corrected chi connectivity index (χ0v) is 8.37. The lowest BCUT2D eigenvalue weighted by atomic mass is 10.1. The maximum atomic E-state index is 13.3. The van der Waals surface area contributed by atoms with Crippen molar-refractivity contribution in [2.75, 3.05) is 5.75 Å². The summed E-state index contributed by atoms with van der Waals surface area (Å²) in [5.41, 5.74) is 0.685. The monoisotopic (exact) mass is 202 g/mol. The molecule has 72 valence electrons. The minimum absolute atomic E-state index is 0.189. The van der Waals surface area contributed by atoms with Gasteiger partial charge in [-0.3, -0.25) is 0 Å². The SMILES string of the molecule is Cc1ccc(F)c(CCCS)c1F. The van der Waals surface area contributed by atoms with E-state index in [2.05, 4.69) is 12.6 Å². The number of thiol groups is 1. The maximum Gasteiger partial charge on any atom is 0.132 e. The number of hydrogen-bond donors (Lipinski definition) is 1. The largest absolute Gasteiger partial charge is 0.207 e. The van der Waals surface area contributed by atoms with Crippen LogP contribution in [-0.4, -0.2) is 5.75 Å². The van der Waals surface area contributed by atoms with E-state index in [1.54, 1.807) is 6.92 Å². The fourth-order valence-electron chi connectivity index (χ4n) is 1.20. The molecule has 13 heavy (non-hydrogen) atoms. The average Bonchev–Trinajstić information content (AvgIpc) is 2.12. The van der Waals surface area contributed by atoms with Crippen molar-refractivity contribution in [1.29, 1.82) is 0 Å². The van der Waals surface area contributed by atoms with E-state index >= 15 is 0 Å². The third-order valence-corrected chi connectivity index (χ3v) is 2.28. The number of benzene rings is 1. The van der Waals surface area contributed by atoms with E-state index in [1.807, 2.05) is 0 Å². The molecular formula is C10H12F2S. The van der Waals surface area contributed by atoms with Crippen LogP contribution >= 0.6 is 12.6 Å². The minimum Gasteiger partial charge on any atom is -0.207 e. The number of halogens is 2. The standard InChI is InChI=1S/C10H12F2S/c1-7-4-5-9(11)8(10(7)12)3-2-6-13/h4-5,13H,2-3,6H2,1H3. The predicted octanol–water partition coefficient (Wildman–Crippen LogP) is 3.14. The Kier molecular flexibility index (Phi) is 3.72. The van der Waals surface area contributed by atoms with Crippen LogP contribution in [0.25, 0.3) is 0 Å². The van der Waals surface area contributed by atoms with Crippen LogP contribution in [0.2, 0.25) is 0 Å². The predicted molar refractivity (Wildman–Crippen MR) is 53.3 cm³/mol. The first-order valence-electron chi connectivity index (χ1n) is 4.21. The van der Waals surface area contributed by atoms with E-state index in [0.29, 0.717) is 24.2 Å². The first-order valence-corrected chi connectivity index (χ1v) is 4.84. The molecule has 3 heteroatoms. The van der Waals surface area contributed by atoms with E-state index in [1.165, 1.54) is 12.1 Å². The van der Waals surface area contributed by atoms with Crippen molar-refractivity contribution in [3.63, 3.8) is 0 Å². The van der Waals surface area contributed by atoms with Gasteiger partial charge < -0.3 is 0 Å². The van der Waals surface area contributed by atoms with Crippen LogP contribution in [0, 0.1) is 18.6 Å². The van der Waals surface area contributed by atoms with Gasteiger partial charge in [-0.15, -0.1) is 0 Å². The second-order valence-corrected chi connectivity index (χ2v) is 3.43. The smallest absolute Gasteiger partial charge is 0.132 e. The summed E-state index contributed by atoms with van der Waals surface area (Å²) >= 11 is 4.00. The molecule has 1 aromatic carbocycles. The van der Waals surface area contributed by atoms with Crippen LogP contribution in [0.5, 0.6) is 0 Å². The summed E-state index contributed by atoms with van der Waals surface area (Å²) in [6.07, 6.45) is 1.11. The molecule has 0 aliphatic rings. The van der Waals surface area contributed by atoms with E-state index < -0.39 is 11.6 Å². The summed E-state index contributed by atoms with van der Waals surface area (Å²) in [7, 11) is 0. The van der Waals surface area contributed by atoms with Gasteiger partial charge in [0.2, 0.25) is 0 Å². The molecule has 0 nitrogen and oxygen atoms in total. The number of aryl methyl sites for hydroxylation is 1. The molecule has 0 amide bonds. The Morgan fingerprint density at radius 1 is 1.31 bits per heavy atom. The lowest BCUT2D eigenvalue weighted by molar-refractivity contribution is 0.548. The normalized spacial score (nSPS) is 10.5. The highest BCUT2D eigenvalue weighted by Crippen LogP contribution is 2.17. The Labute approximate surface area is 82.4 Å². The zero-order chi connectivity index (χ0) is 9.84. The van der Waals surface area contributed by atoms with Gasteiger partial charge in [-0.1, -0.05) is 6.07 Å². The lowest BCUT2D eigenvalue weighted by Gasteiger charge is -2.05. The van der Waals surface area contributed by atoms with Crippen LogP contribution in [-0.2, 0) is 6.42 Å². The molecule has 0 N–H and O–H groups in total. The summed E-state index contributed by atoms with van der Waals surface area (Å²) < 4.78 is 26.4. The topological polar surface area (TPSA) is 0 Å². The molecule has 0 saturated heterocycles. The Morgan fingerprint density at radius 2 is 2.00 bits per heavy atom. The highest BCUT2D eigenvalue weighted by atomic mass is 32.1. The Balaban J connectivity index is 2.96. The fourth-order valence-corrected chi connectivity index (χ4v) is 1.36. The summed E-state index contributed by atoms with van der Waals surface area (Å²) in [6, 6.07) is 2.77. The van der Waals surface area contributed by atoms with Crippen LogP contribution in [0.4, 0.5) is 8.78 Å². The van der Waals surface area contributed by atoms with Crippen molar-refractivity contribution < 1.29 is 8.78 Å². The van der Waals surface area contributed by atoms with Crippen LogP contribution in [0.1, 0.15) is 17.5 Å². The first kappa shape index (κ1) is 10.5. The zero-order valence-electron chi connectivity index (χ0n) is 7.48. The van der Waals surface area contributed by atoms with E-state index in [9.17, 15) is 8.78 Å². The first-order chi connectivity index (χ1) is 6.16. The molecule has 1 rings (SSSR count). The fraction of sp³-hybridized carbons (Fsp3) is 0.400. The van der Waals surface area contributed by atoms with Gasteiger partial charge in [0, 0.05) is 5.56 Å². The number of hydrogen-bond acceptors (Lipinski definition) is 1. The number of rotatable bonds is 3. The summed E-state index contributed by atoms with van der Waals surface area (Å²) in [5.74, 6) is -0.223. The molecule has 0 aliphatic carbocycles. The highest BCUT2D eigenvalue weighted by molar-refractivity contribution is 7.80. The van der Waals surface area contributed by atoms with Gasteiger partial charge in [0.15, 0.2) is 0 Å². The Morgan fingerprint density at radius 3 is 2.62 bits per heavy atom. The average molecular weight is 202 g/mol. The molecule has 0 radical (unpaired) electrons. The molecule has 0 heterocycles. The van der Waals surface area contributed by atoms with Crippen LogP contribution in [0.3, 0.4) is 0 Å². The van der Waals surface area contributed by atoms with Crippen molar-refractivity contribution in [2.24, 2.45) is 0 Å². The molecule has 0 unspecified atom stereocenters. The van der Waals surface area contributed by atoms with E-state index in [0.717, 1.165) is 0 Å². The molecule has 0 fully saturated rings. The van der Waals surface area contributed by atoms with Crippen LogP contribution in [0.15, 0.2) is 12.1 Å². The van der Waals surface area contributed by atoms with Gasteiger partial charge in [0.05, 0.1) is 0 Å². The molecule has 0 aromatic heterocycles. The quantitative estimate of drug-likeness (QED) is 0.715. The van der Waals surface area contributed by atoms with Crippen molar-refractivity contribution in [2.45, 2.75) is 19.8 Å². The summed E-state index contributed by atoms with van der Waals surface area (Å²) in [5, 5.41) is 0. The van der Waals surface area contributed by atoms with Gasteiger partial charge in [0.1, 0.15) is 11.6 Å². The molecule has 1 aromatic rings. The molecule has 0 aliphatic heterocycles. The van der Waals surface area contributed by atoms with Crippen molar-refractivity contribution in [1.82, 2.24) is 0 Å². The second kappa shape index (κ2) is 4.61. The molecular weight excluding hydrogens is 190 g/mol. The van der Waals surface area contributed by atoms with Crippen LogP contribution < -0.4 is 0 Å². The molecule has 0 bridgehead atoms. The Bertz CT molecular complexity index is 297. The molecule has 0 spiro atoms. The molecule has 0 saturated carbocycles. The Hall–Kier alpha value is -0.570. The van der Waals surface area contributed by atoms with Gasteiger partial charge in [-0.05, 0) is 37.1 Å². The van der Waals surface area contributed by atoms with Crippen molar-refractivity contribution in [3.8, 4) is 0 Å². The third-order valence-electron chi connectivity index (χ3n) is 1.96. The maximum absolute atomic E-state index is 13.3. The second-order valence-electron chi connectivity index (χ2n) is 2.98. The van der Waals surface area contributed by atoms with E-state index in [-0.39, 0.29) is 5.56 Å². The summed E-state index contributed by atoms with van der Waals surface area (Å²) in [4.78, 5) is 0. The van der Waals surface area contributed by atoms with Gasteiger partial charge in [0.25, 0.3) is 0 Å². The lowest BCUT2D eigenvalue weighted by Crippen LogP contribution is -1.98.